The number of allylic oxidation sites excluding steroid dienone is 10. The molecule has 19 nitrogen and oxygen atoms in total. The van der Waals surface area contributed by atoms with Crippen LogP contribution in [0, 0.1) is 102 Å². The number of aryl methyl sites for hydroxylation is 12. The summed E-state index contributed by atoms with van der Waals surface area (Å²) in [5.41, 5.74) is 26.0. The molecule has 14 rings (SSSR count). The van der Waals surface area contributed by atoms with Crippen molar-refractivity contribution in [2.75, 3.05) is 42.3 Å². The van der Waals surface area contributed by atoms with Gasteiger partial charge in [0.1, 0.15) is 44.0 Å². The number of nitrogens with zero attached hydrogens (tertiary/aromatic N) is 18. The van der Waals surface area contributed by atoms with Crippen LogP contribution in [0.4, 0.5) is 0 Å². The summed E-state index contributed by atoms with van der Waals surface area (Å²) >= 11 is 0. The zero-order valence-electron chi connectivity index (χ0n) is 69.1. The maximum atomic E-state index is 5.15. The Balaban J connectivity index is -0.000000554. The van der Waals surface area contributed by atoms with E-state index < -0.39 is 0 Å². The molecule has 5 aromatic heterocycles. The van der Waals surface area contributed by atoms with Crippen molar-refractivity contribution in [1.82, 2.24) is 34.9 Å². The van der Waals surface area contributed by atoms with Gasteiger partial charge in [0.15, 0.2) is 52.5 Å². The first-order chi connectivity index (χ1) is 50.3. The molecule has 1 aliphatic carbocycles. The lowest BCUT2D eigenvalue weighted by Crippen LogP contribution is -2.02. The van der Waals surface area contributed by atoms with Gasteiger partial charge in [0.05, 0.1) is 56.5 Å². The third kappa shape index (κ3) is 45.1. The lowest BCUT2D eigenvalue weighted by Gasteiger charge is -1.93. The highest BCUT2D eigenvalue weighted by Gasteiger charge is 2.34. The Morgan fingerprint density at radius 2 is 0.964 bits per heavy atom. The molecular formula is C92H138N18O+8. The van der Waals surface area contributed by atoms with Crippen LogP contribution in [0.5, 0.6) is 0 Å². The lowest BCUT2D eigenvalue weighted by molar-refractivity contribution is -0.503. The molecule has 19 heteroatoms. The molecule has 0 spiro atoms. The minimum Gasteiger partial charge on any atom is -0.264 e. The fourth-order valence-corrected chi connectivity index (χ4v) is 7.66. The van der Waals surface area contributed by atoms with Gasteiger partial charge in [-0.05, 0) is 213 Å². The van der Waals surface area contributed by atoms with Crippen molar-refractivity contribution in [2.24, 2.45) is 37.3 Å². The molecule has 2 unspecified atom stereocenters. The molecule has 0 radical (unpaired) electrons. The number of carbonyl (C=O) groups excluding carboxylic acids is 1. The molecule has 0 N–H and O–H groups in total. The van der Waals surface area contributed by atoms with Crippen LogP contribution in [-0.4, -0.2) is 153 Å². The van der Waals surface area contributed by atoms with Gasteiger partial charge in [-0.25, -0.2) is 33.5 Å². The van der Waals surface area contributed by atoms with E-state index in [0.29, 0.717) is 0 Å². The average Bonchev–Trinajstić information content (AvgIpc) is 1.76. The van der Waals surface area contributed by atoms with Crippen LogP contribution in [0.1, 0.15) is 152 Å². The van der Waals surface area contributed by atoms with E-state index >= 15 is 0 Å². The van der Waals surface area contributed by atoms with E-state index in [4.69, 9.17) is 4.42 Å². The van der Waals surface area contributed by atoms with Gasteiger partial charge < -0.3 is 0 Å². The van der Waals surface area contributed by atoms with Crippen molar-refractivity contribution in [3.05, 3.63) is 312 Å². The smallest absolute Gasteiger partial charge is 0.264 e. The average molecular weight is 1510 g/mol. The van der Waals surface area contributed by atoms with Gasteiger partial charge in [0.2, 0.25) is 23.3 Å². The molecule has 111 heavy (non-hydrogen) atoms. The molecule has 594 valence electrons. The monoisotopic (exact) mass is 1510 g/mol. The summed E-state index contributed by atoms with van der Waals surface area (Å²) in [6.45, 7) is 68.6. The molecular weight excluding hydrogens is 1370 g/mol. The van der Waals surface area contributed by atoms with Crippen molar-refractivity contribution in [1.29, 1.82) is 0 Å². The number of benzene rings is 1. The van der Waals surface area contributed by atoms with E-state index in [-0.39, 0.29) is 29.7 Å². The first kappa shape index (κ1) is 106. The van der Waals surface area contributed by atoms with E-state index in [1.54, 1.807) is 51.7 Å². The van der Waals surface area contributed by atoms with E-state index in [0.717, 1.165) is 114 Å². The zero-order chi connectivity index (χ0) is 81.0. The maximum absolute atomic E-state index is 5.15. The minimum absolute atomic E-state index is 0. The molecule has 2 atom stereocenters. The molecule has 1 saturated carbocycles. The summed E-state index contributed by atoms with van der Waals surface area (Å²) in [5.74, 6) is 3.60. The number of aliphatic imine (C=N–C) groups is 1. The van der Waals surface area contributed by atoms with Gasteiger partial charge in [-0.2, -0.15) is 0 Å². The molecule has 1 aromatic carbocycles. The van der Waals surface area contributed by atoms with Crippen molar-refractivity contribution < 1.29 is 32.3 Å². The summed E-state index contributed by atoms with van der Waals surface area (Å²) in [6, 6.07) is 18.4. The lowest BCUT2D eigenvalue weighted by atomic mass is 10.1. The summed E-state index contributed by atoms with van der Waals surface area (Å²) < 4.78 is 16.1. The zero-order valence-corrected chi connectivity index (χ0v) is 69.1. The minimum atomic E-state index is 0. The number of azo groups is 4. The molecule has 0 saturated heterocycles. The fraction of sp³-hybridized carbons (Fsp3) is 0.348. The van der Waals surface area contributed by atoms with Crippen LogP contribution in [0.15, 0.2) is 263 Å². The second-order valence-electron chi connectivity index (χ2n) is 26.1. The van der Waals surface area contributed by atoms with Gasteiger partial charge in [-0.1, -0.05) is 123 Å². The Kier molecular flexibility index (Phi) is 53.9. The Morgan fingerprint density at radius 1 is 0.486 bits per heavy atom. The van der Waals surface area contributed by atoms with Gasteiger partial charge >= 0.3 is 11.5 Å². The van der Waals surface area contributed by atoms with Crippen LogP contribution in [0.25, 0.3) is 0 Å². The molecule has 0 amide bonds. The number of aromatic nitrogens is 7. The summed E-state index contributed by atoms with van der Waals surface area (Å²) in [7, 11) is 11.5. The fourth-order valence-electron chi connectivity index (χ4n) is 7.66. The van der Waals surface area contributed by atoms with Crippen LogP contribution >= 0.6 is 0 Å². The predicted octanol–water partition coefficient (Wildman–Crippen LogP) is 20.5. The number of likely N-dealkylation sites (N-methyl/N-ethyl adjacent to an activating group) is 2. The molecule has 12 heterocycles. The quantitative estimate of drug-likeness (QED) is 0.0627. The van der Waals surface area contributed by atoms with Gasteiger partial charge in [0, 0.05) is 95.6 Å². The third-order valence-corrected chi connectivity index (χ3v) is 16.8. The summed E-state index contributed by atoms with van der Waals surface area (Å²) in [4.78, 5) is 31.5. The number of pyridine rings is 3. The Morgan fingerprint density at radius 3 is 1.13 bits per heavy atom. The largest absolute Gasteiger partial charge is 0.333 e. The van der Waals surface area contributed by atoms with Crippen molar-refractivity contribution in [3.8, 4) is 0 Å². The van der Waals surface area contributed by atoms with E-state index in [2.05, 4.69) is 211 Å². The third-order valence-electron chi connectivity index (χ3n) is 16.8. The molecule has 1 fully saturated rings. The van der Waals surface area contributed by atoms with Crippen molar-refractivity contribution in [2.45, 2.75) is 168 Å². The highest BCUT2D eigenvalue weighted by atomic mass is 16.4. The van der Waals surface area contributed by atoms with Gasteiger partial charge in [0.25, 0.3) is 6.34 Å². The second kappa shape index (κ2) is 56.6. The van der Waals surface area contributed by atoms with Crippen LogP contribution in [0.2, 0.25) is 0 Å². The highest BCUT2D eigenvalue weighted by Crippen LogP contribution is 2.36. The summed E-state index contributed by atoms with van der Waals surface area (Å²) in [6.07, 6.45) is 33.9. The first-order valence-corrected chi connectivity index (χ1v) is 35.1. The normalized spacial score (nSPS) is 15.1. The predicted molar refractivity (Wildman–Crippen MR) is 476 cm³/mol. The second-order valence-corrected chi connectivity index (χ2v) is 26.1. The molecule has 7 aliphatic heterocycles. The van der Waals surface area contributed by atoms with E-state index in [1.807, 2.05) is 218 Å². The Labute approximate surface area is 671 Å². The number of hydrogen-bond acceptors (Lipinski definition) is 12. The summed E-state index contributed by atoms with van der Waals surface area (Å²) in [5, 5.41) is 15.9. The standard InChI is InChI=1S/C8H10.C7H10N.3C7H9N.C7H9O.3C6H9N2.2C6H8N2.2C5H7N2.C5H9.4CH4/c1-7-5-3-4-6-8(7)2;1-6-4-8(3)5-7(6)2;1-6-3-4-8-5-7(6)2;2*1-6-4-3-5-8-7(6)2;1-5-4-6(2)8-7(5)3;1-5-4-8(3)7-6(5)2;2*1-5-4-7-8(3)6(5)2;2*1-5-3-7-4-8-6(5)2;1-5-3-6-4-7(5)2;1-5-3-4-6-7(5)2;1-4-3-5(4)2;;;;/h3-6H,1-2H3;4-5H,1H2,2-3H3;3*3-5H,1-2H3;2*4H,1H2,2-3H3;4H,2H2,1,3H3;4H,1H2,2-3H3;2*3-4H,1-2H3;2*3-4H,1H2,2H3;4-5H,1,3H2,2H3;4*1H4/q;+1;;;;4*+1;;;3*+1;;;;. The number of rotatable bonds is 0. The SMILES string of the molecule is C.C.C.C.C=C1C(C)=CN=[N+]1C.C=C1C=C(C)[O+]=C1C.C=C1C=CN=[N+]1C.C=C1C=NC=[N+]1C.C=C1C=N[N+](C)=C1C.C=C1C=[N+](C)C=C1C.C=C1C=[N+](C)N=C1C.Cc1ccccc1C.Cc1cccnc1C.Cc1cccnc1C.Cc1ccncc1C.Cc1cncnc1C.Cc1cncnc1C.[CH2+]C1CC1C. The Bertz CT molecular complexity index is 3880. The van der Waals surface area contributed by atoms with Crippen LogP contribution < -0.4 is 0 Å². The number of ketones is 1. The van der Waals surface area contributed by atoms with Crippen LogP contribution in [-0.2, 0) is 4.42 Å². The van der Waals surface area contributed by atoms with Gasteiger partial charge in [-0.15, -0.1) is 0 Å². The Hall–Kier alpha value is -11.6. The molecule has 6 aromatic rings. The highest BCUT2D eigenvalue weighted by molar-refractivity contribution is 6.14. The first-order valence-electron chi connectivity index (χ1n) is 35.1. The van der Waals surface area contributed by atoms with E-state index in [1.165, 1.54) is 45.4 Å². The molecule has 8 aliphatic rings. The van der Waals surface area contributed by atoms with Crippen molar-refractivity contribution in [3.63, 3.8) is 0 Å². The number of hydrazone groups is 2. The molecule has 0 bridgehead atoms. The van der Waals surface area contributed by atoms with Crippen LogP contribution in [0.3, 0.4) is 0 Å². The van der Waals surface area contributed by atoms with Gasteiger partial charge in [-0.3, -0.25) is 15.0 Å². The van der Waals surface area contributed by atoms with Crippen molar-refractivity contribution >= 4 is 48.4 Å². The topological polar surface area (TPSA) is 181 Å². The van der Waals surface area contributed by atoms with E-state index in [9.17, 15) is 0 Å². The maximum Gasteiger partial charge on any atom is 0.333 e. The number of hydrogen-bond donors (Lipinski definition) is 0.